The highest BCUT2D eigenvalue weighted by atomic mass is 127. The van der Waals surface area contributed by atoms with Crippen molar-refractivity contribution in [2.45, 2.75) is 51.5 Å². The number of guanidine groups is 1. The summed E-state index contributed by atoms with van der Waals surface area (Å²) in [6.07, 6.45) is 2.55. The Morgan fingerprint density at radius 1 is 1.35 bits per heavy atom. The van der Waals surface area contributed by atoms with E-state index in [2.05, 4.69) is 10.6 Å². The van der Waals surface area contributed by atoms with Gasteiger partial charge in [-0.1, -0.05) is 26.0 Å². The summed E-state index contributed by atoms with van der Waals surface area (Å²) in [6, 6.07) is 7.07. The monoisotopic (exact) mass is 546 g/mol. The molecule has 8 heteroatoms. The Balaban J connectivity index is 0.00000341. The molecular formula is C23H36FIN4O2. The number of amides is 1. The molecule has 0 spiro atoms. The summed E-state index contributed by atoms with van der Waals surface area (Å²) in [4.78, 5) is 19.1. The lowest BCUT2D eigenvalue weighted by Crippen LogP contribution is -2.46. The third-order valence-electron chi connectivity index (χ3n) is 6.11. The molecule has 6 nitrogen and oxygen atoms in total. The van der Waals surface area contributed by atoms with Gasteiger partial charge in [-0.3, -0.25) is 9.79 Å². The zero-order chi connectivity index (χ0) is 21.6. The van der Waals surface area contributed by atoms with E-state index in [4.69, 9.17) is 9.73 Å². The topological polar surface area (TPSA) is 66.0 Å². The van der Waals surface area contributed by atoms with E-state index >= 15 is 0 Å². The van der Waals surface area contributed by atoms with Crippen molar-refractivity contribution in [1.29, 1.82) is 0 Å². The number of nitrogens with one attached hydrogen (secondary N) is 2. The molecule has 1 unspecified atom stereocenters. The van der Waals surface area contributed by atoms with Crippen molar-refractivity contribution >= 4 is 35.8 Å². The maximum Gasteiger partial charge on any atom is 0.225 e. The first-order valence-electron chi connectivity index (χ1n) is 11.1. The number of nitrogens with zero attached hydrogens (tertiary/aromatic N) is 2. The van der Waals surface area contributed by atoms with Gasteiger partial charge in [-0.05, 0) is 43.9 Å². The Morgan fingerprint density at radius 3 is 2.74 bits per heavy atom. The van der Waals surface area contributed by atoms with Crippen molar-refractivity contribution in [3.63, 3.8) is 0 Å². The molecule has 2 aliphatic rings. The molecule has 31 heavy (non-hydrogen) atoms. The molecule has 0 bridgehead atoms. The Bertz CT molecular complexity index is 753. The minimum absolute atomic E-state index is 0. The molecule has 0 saturated carbocycles. The average molecular weight is 546 g/mol. The molecule has 2 heterocycles. The number of likely N-dealkylation sites (tertiary alicyclic amines) is 1. The van der Waals surface area contributed by atoms with Gasteiger partial charge in [-0.2, -0.15) is 0 Å². The van der Waals surface area contributed by atoms with Gasteiger partial charge in [0.25, 0.3) is 0 Å². The largest absolute Gasteiger partial charge is 0.381 e. The molecule has 0 radical (unpaired) electrons. The van der Waals surface area contributed by atoms with Crippen molar-refractivity contribution in [3.05, 3.63) is 35.6 Å². The van der Waals surface area contributed by atoms with Crippen molar-refractivity contribution in [1.82, 2.24) is 15.5 Å². The van der Waals surface area contributed by atoms with Crippen molar-refractivity contribution in [2.75, 3.05) is 39.4 Å². The normalized spacial score (nSPS) is 21.0. The van der Waals surface area contributed by atoms with Crippen molar-refractivity contribution in [2.24, 2.45) is 10.9 Å². The van der Waals surface area contributed by atoms with Crippen molar-refractivity contribution < 1.29 is 13.9 Å². The SMILES string of the molecule is CCNC(=NCC1(c2cccc(F)c2)CCOCC1)NC1CCN(C(=O)C(C)C)C1.I. The molecule has 0 aromatic heterocycles. The van der Waals surface area contributed by atoms with Crippen LogP contribution in [0.15, 0.2) is 29.3 Å². The zero-order valence-corrected chi connectivity index (χ0v) is 21.2. The van der Waals surface area contributed by atoms with E-state index < -0.39 is 0 Å². The highest BCUT2D eigenvalue weighted by molar-refractivity contribution is 14.0. The van der Waals surface area contributed by atoms with Crippen LogP contribution in [0.2, 0.25) is 0 Å². The summed E-state index contributed by atoms with van der Waals surface area (Å²) in [5.74, 6) is 0.760. The molecule has 0 aliphatic carbocycles. The van der Waals surface area contributed by atoms with Gasteiger partial charge in [0.05, 0.1) is 6.54 Å². The quantitative estimate of drug-likeness (QED) is 0.327. The third-order valence-corrected chi connectivity index (χ3v) is 6.11. The van der Waals surface area contributed by atoms with Crippen LogP contribution in [0.25, 0.3) is 0 Å². The van der Waals surface area contributed by atoms with Crippen LogP contribution in [0.1, 0.15) is 45.6 Å². The molecule has 2 aliphatic heterocycles. The van der Waals surface area contributed by atoms with Crippen LogP contribution in [0.5, 0.6) is 0 Å². The van der Waals surface area contributed by atoms with E-state index in [0.717, 1.165) is 43.9 Å². The van der Waals surface area contributed by atoms with Crippen LogP contribution >= 0.6 is 24.0 Å². The van der Waals surface area contributed by atoms with Gasteiger partial charge >= 0.3 is 0 Å². The Labute approximate surface area is 202 Å². The summed E-state index contributed by atoms with van der Waals surface area (Å²) in [5.41, 5.74) is 0.762. The van der Waals surface area contributed by atoms with E-state index in [-0.39, 0.29) is 53.1 Å². The third kappa shape index (κ3) is 6.78. The van der Waals surface area contributed by atoms with Gasteiger partial charge in [0.1, 0.15) is 5.82 Å². The number of carbonyl (C=O) groups excluding carboxylic acids is 1. The number of halogens is 2. The maximum absolute atomic E-state index is 13.9. The van der Waals surface area contributed by atoms with Gasteiger partial charge < -0.3 is 20.3 Å². The van der Waals surface area contributed by atoms with Crippen molar-refractivity contribution in [3.8, 4) is 0 Å². The second-order valence-electron chi connectivity index (χ2n) is 8.67. The fourth-order valence-electron chi connectivity index (χ4n) is 4.31. The van der Waals surface area contributed by atoms with E-state index in [1.165, 1.54) is 6.07 Å². The van der Waals surface area contributed by atoms with E-state index in [1.807, 2.05) is 31.7 Å². The predicted molar refractivity (Wildman–Crippen MR) is 132 cm³/mol. The fraction of sp³-hybridized carbons (Fsp3) is 0.652. The fourth-order valence-corrected chi connectivity index (χ4v) is 4.31. The van der Waals surface area contributed by atoms with Crippen LogP contribution in [0.3, 0.4) is 0 Å². The van der Waals surface area contributed by atoms with Crippen LogP contribution in [-0.2, 0) is 14.9 Å². The maximum atomic E-state index is 13.9. The molecule has 1 aromatic carbocycles. The minimum Gasteiger partial charge on any atom is -0.381 e. The lowest BCUT2D eigenvalue weighted by molar-refractivity contribution is -0.133. The number of hydrogen-bond donors (Lipinski definition) is 2. The minimum atomic E-state index is -0.224. The Kier molecular flexibility index (Phi) is 9.99. The number of rotatable bonds is 6. The van der Waals surface area contributed by atoms with Gasteiger partial charge in [0, 0.05) is 50.2 Å². The van der Waals surface area contributed by atoms with Crippen LogP contribution in [0.4, 0.5) is 4.39 Å². The molecule has 2 N–H and O–H groups in total. The first-order valence-corrected chi connectivity index (χ1v) is 11.1. The first-order chi connectivity index (χ1) is 14.4. The summed E-state index contributed by atoms with van der Waals surface area (Å²) in [5, 5.41) is 6.83. The van der Waals surface area contributed by atoms with Crippen LogP contribution in [-0.4, -0.2) is 62.2 Å². The van der Waals surface area contributed by atoms with E-state index in [0.29, 0.717) is 26.3 Å². The summed E-state index contributed by atoms with van der Waals surface area (Å²) < 4.78 is 19.5. The molecule has 174 valence electrons. The van der Waals surface area contributed by atoms with Crippen LogP contribution in [0, 0.1) is 11.7 Å². The van der Waals surface area contributed by atoms with E-state index in [9.17, 15) is 9.18 Å². The molecule has 1 amide bonds. The molecule has 1 atom stereocenters. The van der Waals surface area contributed by atoms with Gasteiger partial charge in [-0.15, -0.1) is 24.0 Å². The average Bonchev–Trinajstić information content (AvgIpc) is 3.20. The summed E-state index contributed by atoms with van der Waals surface area (Å²) >= 11 is 0. The number of ether oxygens (including phenoxy) is 1. The molecule has 2 fully saturated rings. The van der Waals surface area contributed by atoms with Gasteiger partial charge in [0.2, 0.25) is 5.91 Å². The van der Waals surface area contributed by atoms with Gasteiger partial charge in [0.15, 0.2) is 5.96 Å². The summed E-state index contributed by atoms with van der Waals surface area (Å²) in [6.45, 7) is 10.0. The highest BCUT2D eigenvalue weighted by Gasteiger charge is 2.35. The number of benzene rings is 1. The number of aliphatic imine (C=N–C) groups is 1. The number of carbonyl (C=O) groups is 1. The zero-order valence-electron chi connectivity index (χ0n) is 18.8. The Morgan fingerprint density at radius 2 is 2.10 bits per heavy atom. The molecule has 1 aromatic rings. The predicted octanol–water partition coefficient (Wildman–Crippen LogP) is 3.30. The first kappa shape index (κ1) is 25.8. The second-order valence-corrected chi connectivity index (χ2v) is 8.67. The second kappa shape index (κ2) is 12.0. The molecular weight excluding hydrogens is 510 g/mol. The Hall–Kier alpha value is -1.42. The lowest BCUT2D eigenvalue weighted by atomic mass is 9.74. The van der Waals surface area contributed by atoms with Crippen LogP contribution < -0.4 is 10.6 Å². The van der Waals surface area contributed by atoms with E-state index in [1.54, 1.807) is 12.1 Å². The molecule has 2 saturated heterocycles. The van der Waals surface area contributed by atoms with Gasteiger partial charge in [-0.25, -0.2) is 4.39 Å². The lowest BCUT2D eigenvalue weighted by Gasteiger charge is -2.36. The molecule has 3 rings (SSSR count). The smallest absolute Gasteiger partial charge is 0.225 e. The standard InChI is InChI=1S/C23H35FN4O2.HI/c1-4-25-22(27-20-8-11-28(15-20)21(29)17(2)3)26-16-23(9-12-30-13-10-23)18-6-5-7-19(24)14-18;/h5-7,14,17,20H,4,8-13,15-16H2,1-3H3,(H2,25,26,27);1H. The number of hydrogen-bond acceptors (Lipinski definition) is 3. The highest BCUT2D eigenvalue weighted by Crippen LogP contribution is 2.35. The summed E-state index contributed by atoms with van der Waals surface area (Å²) in [7, 11) is 0.